The van der Waals surface area contributed by atoms with Gasteiger partial charge >= 0.3 is 0 Å². The molecule has 4 heteroatoms. The van der Waals surface area contributed by atoms with Crippen LogP contribution in [-0.2, 0) is 0 Å². The number of furan rings is 1. The highest BCUT2D eigenvalue weighted by molar-refractivity contribution is 5.45. The molecule has 0 saturated carbocycles. The molecule has 1 heterocycles. The lowest BCUT2D eigenvalue weighted by Crippen LogP contribution is -2.18. The van der Waals surface area contributed by atoms with Crippen LogP contribution in [0.1, 0.15) is 22.9 Å². The average molecular weight is 261 g/mol. The van der Waals surface area contributed by atoms with Crippen molar-refractivity contribution < 1.29 is 13.9 Å². The van der Waals surface area contributed by atoms with Gasteiger partial charge in [0.05, 0.1) is 26.5 Å². The Morgan fingerprint density at radius 3 is 2.47 bits per heavy atom. The average Bonchev–Trinajstić information content (AvgIpc) is 2.86. The highest BCUT2D eigenvalue weighted by Gasteiger charge is 2.21. The van der Waals surface area contributed by atoms with Crippen molar-refractivity contribution in [1.29, 1.82) is 0 Å². The summed E-state index contributed by atoms with van der Waals surface area (Å²) in [5.41, 5.74) is 2.13. The Morgan fingerprint density at radius 1 is 1.16 bits per heavy atom. The van der Waals surface area contributed by atoms with Gasteiger partial charge in [-0.1, -0.05) is 0 Å². The van der Waals surface area contributed by atoms with E-state index in [1.165, 1.54) is 0 Å². The first kappa shape index (κ1) is 13.5. The lowest BCUT2D eigenvalue weighted by atomic mass is 10.0. The maximum Gasteiger partial charge on any atom is 0.128 e. The zero-order chi connectivity index (χ0) is 13.8. The van der Waals surface area contributed by atoms with E-state index in [0.29, 0.717) is 0 Å². The molecule has 102 valence electrons. The van der Waals surface area contributed by atoms with Gasteiger partial charge in [0.1, 0.15) is 17.3 Å². The lowest BCUT2D eigenvalue weighted by molar-refractivity contribution is 0.383. The van der Waals surface area contributed by atoms with E-state index in [-0.39, 0.29) is 6.04 Å². The Labute approximate surface area is 113 Å². The van der Waals surface area contributed by atoms with Crippen molar-refractivity contribution in [1.82, 2.24) is 5.32 Å². The Balaban J connectivity index is 2.46. The summed E-state index contributed by atoms with van der Waals surface area (Å²) in [6.45, 7) is 2.03. The van der Waals surface area contributed by atoms with Crippen LogP contribution in [-0.4, -0.2) is 21.3 Å². The predicted molar refractivity (Wildman–Crippen MR) is 73.9 cm³/mol. The molecule has 1 N–H and O–H groups in total. The molecule has 0 amide bonds. The Bertz CT molecular complexity index is 548. The first-order chi connectivity index (χ1) is 9.21. The van der Waals surface area contributed by atoms with E-state index < -0.39 is 0 Å². The summed E-state index contributed by atoms with van der Waals surface area (Å²) >= 11 is 0. The van der Waals surface area contributed by atoms with E-state index in [0.717, 1.165) is 28.4 Å². The molecule has 1 unspecified atom stereocenters. The molecule has 0 aliphatic heterocycles. The van der Waals surface area contributed by atoms with Gasteiger partial charge in [-0.05, 0) is 37.7 Å². The van der Waals surface area contributed by atoms with Crippen molar-refractivity contribution in [2.45, 2.75) is 13.0 Å². The summed E-state index contributed by atoms with van der Waals surface area (Å²) in [6.07, 6.45) is 1.70. The summed E-state index contributed by atoms with van der Waals surface area (Å²) in [5.74, 6) is 2.44. The molecule has 0 radical (unpaired) electrons. The molecule has 4 nitrogen and oxygen atoms in total. The molecular formula is C15H19NO3. The van der Waals surface area contributed by atoms with Gasteiger partial charge in [-0.15, -0.1) is 0 Å². The molecule has 2 aromatic rings. The van der Waals surface area contributed by atoms with Gasteiger partial charge in [-0.3, -0.25) is 0 Å². The summed E-state index contributed by atoms with van der Waals surface area (Å²) < 4.78 is 16.2. The molecule has 0 saturated heterocycles. The van der Waals surface area contributed by atoms with Crippen molar-refractivity contribution in [3.63, 3.8) is 0 Å². The first-order valence-corrected chi connectivity index (χ1v) is 6.14. The van der Waals surface area contributed by atoms with Crippen LogP contribution in [0.15, 0.2) is 34.9 Å². The molecule has 0 aliphatic carbocycles. The quantitative estimate of drug-likeness (QED) is 0.898. The van der Waals surface area contributed by atoms with Gasteiger partial charge in [0.15, 0.2) is 0 Å². The number of methoxy groups -OCH3 is 2. The fourth-order valence-electron chi connectivity index (χ4n) is 2.16. The largest absolute Gasteiger partial charge is 0.497 e. The number of hydrogen-bond donors (Lipinski definition) is 1. The molecule has 1 aromatic carbocycles. The third-order valence-corrected chi connectivity index (χ3v) is 3.20. The fraction of sp³-hybridized carbons (Fsp3) is 0.333. The van der Waals surface area contributed by atoms with Crippen molar-refractivity contribution in [3.05, 3.63) is 47.4 Å². The van der Waals surface area contributed by atoms with E-state index in [2.05, 4.69) is 5.32 Å². The Morgan fingerprint density at radius 2 is 1.95 bits per heavy atom. The molecule has 1 aromatic heterocycles. The van der Waals surface area contributed by atoms with Crippen LogP contribution in [0.3, 0.4) is 0 Å². The Kier molecular flexibility index (Phi) is 4.12. The van der Waals surface area contributed by atoms with Crippen LogP contribution in [0.25, 0.3) is 0 Å². The molecule has 0 spiro atoms. The maximum atomic E-state index is 5.58. The summed E-state index contributed by atoms with van der Waals surface area (Å²) in [6, 6.07) is 7.69. The topological polar surface area (TPSA) is 43.6 Å². The molecule has 0 bridgehead atoms. The van der Waals surface area contributed by atoms with E-state index in [4.69, 9.17) is 13.9 Å². The zero-order valence-corrected chi connectivity index (χ0v) is 11.7. The SMILES string of the molecule is CNC(c1ccc(OC)cc1OC)c1occc1C. The lowest BCUT2D eigenvalue weighted by Gasteiger charge is -2.19. The number of nitrogens with one attached hydrogen (secondary N) is 1. The third-order valence-electron chi connectivity index (χ3n) is 3.20. The Hall–Kier alpha value is -1.94. The smallest absolute Gasteiger partial charge is 0.128 e. The molecule has 0 fully saturated rings. The highest BCUT2D eigenvalue weighted by atomic mass is 16.5. The number of benzene rings is 1. The van der Waals surface area contributed by atoms with Gasteiger partial charge in [0.25, 0.3) is 0 Å². The monoisotopic (exact) mass is 261 g/mol. The highest BCUT2D eigenvalue weighted by Crippen LogP contribution is 2.34. The second kappa shape index (κ2) is 5.80. The van der Waals surface area contributed by atoms with Crippen molar-refractivity contribution in [2.24, 2.45) is 0 Å². The van der Waals surface area contributed by atoms with Crippen LogP contribution >= 0.6 is 0 Å². The van der Waals surface area contributed by atoms with Crippen molar-refractivity contribution >= 4 is 0 Å². The minimum atomic E-state index is -0.0455. The molecule has 0 aliphatic rings. The van der Waals surface area contributed by atoms with E-state index >= 15 is 0 Å². The molecule has 2 rings (SSSR count). The van der Waals surface area contributed by atoms with Gasteiger partial charge in [0, 0.05) is 11.6 Å². The van der Waals surface area contributed by atoms with E-state index in [1.807, 2.05) is 38.2 Å². The maximum absolute atomic E-state index is 5.58. The van der Waals surface area contributed by atoms with Crippen molar-refractivity contribution in [3.8, 4) is 11.5 Å². The van der Waals surface area contributed by atoms with Crippen LogP contribution in [0.5, 0.6) is 11.5 Å². The van der Waals surface area contributed by atoms with Gasteiger partial charge in [-0.25, -0.2) is 0 Å². The third kappa shape index (κ3) is 2.58. The fourth-order valence-corrected chi connectivity index (χ4v) is 2.16. The predicted octanol–water partition coefficient (Wildman–Crippen LogP) is 2.91. The number of ether oxygens (including phenoxy) is 2. The second-order valence-corrected chi connectivity index (χ2v) is 4.30. The van der Waals surface area contributed by atoms with Crippen LogP contribution in [0, 0.1) is 6.92 Å². The van der Waals surface area contributed by atoms with Gasteiger partial charge in [0.2, 0.25) is 0 Å². The van der Waals surface area contributed by atoms with Gasteiger partial charge in [-0.2, -0.15) is 0 Å². The zero-order valence-electron chi connectivity index (χ0n) is 11.7. The van der Waals surface area contributed by atoms with E-state index in [1.54, 1.807) is 20.5 Å². The normalized spacial score (nSPS) is 12.2. The molecular weight excluding hydrogens is 242 g/mol. The summed E-state index contributed by atoms with van der Waals surface area (Å²) in [7, 11) is 5.19. The minimum Gasteiger partial charge on any atom is -0.497 e. The second-order valence-electron chi connectivity index (χ2n) is 4.30. The number of hydrogen-bond acceptors (Lipinski definition) is 4. The number of aryl methyl sites for hydroxylation is 1. The minimum absolute atomic E-state index is 0.0455. The van der Waals surface area contributed by atoms with Crippen LogP contribution in [0.2, 0.25) is 0 Å². The van der Waals surface area contributed by atoms with Crippen molar-refractivity contribution in [2.75, 3.05) is 21.3 Å². The van der Waals surface area contributed by atoms with E-state index in [9.17, 15) is 0 Å². The number of rotatable bonds is 5. The molecule has 19 heavy (non-hydrogen) atoms. The van der Waals surface area contributed by atoms with Gasteiger partial charge < -0.3 is 19.2 Å². The summed E-state index contributed by atoms with van der Waals surface area (Å²) in [4.78, 5) is 0. The first-order valence-electron chi connectivity index (χ1n) is 6.14. The standard InChI is InChI=1S/C15H19NO3/c1-10-7-8-19-15(10)14(16-2)12-6-5-11(17-3)9-13(12)18-4/h5-9,14,16H,1-4H3. The van der Waals surface area contributed by atoms with Crippen LogP contribution < -0.4 is 14.8 Å². The van der Waals surface area contributed by atoms with Crippen LogP contribution in [0.4, 0.5) is 0 Å². The summed E-state index contributed by atoms with van der Waals surface area (Å²) in [5, 5.41) is 3.26. The molecule has 1 atom stereocenters.